The van der Waals surface area contributed by atoms with Crippen LogP contribution >= 0.6 is 0 Å². The molecule has 3 aliphatic carbocycles. The molecule has 1 atom stereocenters. The molecule has 1 unspecified atom stereocenters. The van der Waals surface area contributed by atoms with Crippen LogP contribution in [-0.2, 0) is 19.3 Å². The molecule has 160 valence electrons. The lowest BCUT2D eigenvalue weighted by molar-refractivity contribution is 0.297. The Labute approximate surface area is 188 Å². The Hall–Kier alpha value is -2.34. The summed E-state index contributed by atoms with van der Waals surface area (Å²) >= 11 is 0. The van der Waals surface area contributed by atoms with Crippen LogP contribution in [0.25, 0.3) is 11.1 Å². The number of rotatable bonds is 5. The van der Waals surface area contributed by atoms with Gasteiger partial charge in [0.15, 0.2) is 0 Å². The van der Waals surface area contributed by atoms with E-state index in [0.29, 0.717) is 5.92 Å². The van der Waals surface area contributed by atoms with Crippen molar-refractivity contribution in [3.8, 4) is 0 Å². The topological polar surface area (TPSA) is 0 Å². The van der Waals surface area contributed by atoms with Crippen molar-refractivity contribution in [3.05, 3.63) is 94.1 Å². The largest absolute Gasteiger partial charge is 0.0909 e. The number of hydrogen-bond acceptors (Lipinski definition) is 0. The fraction of sp³-hybridized carbons (Fsp3) is 0.419. The maximum absolute atomic E-state index is 4.57. The highest BCUT2D eigenvalue weighted by Gasteiger charge is 2.31. The van der Waals surface area contributed by atoms with Crippen molar-refractivity contribution in [1.29, 1.82) is 0 Å². The number of allylic oxidation sites excluding steroid dienone is 5. The minimum atomic E-state index is 0.712. The highest BCUT2D eigenvalue weighted by atomic mass is 14.4. The second-order valence-corrected chi connectivity index (χ2v) is 9.78. The van der Waals surface area contributed by atoms with Crippen molar-refractivity contribution < 1.29 is 0 Å². The molecule has 31 heavy (non-hydrogen) atoms. The van der Waals surface area contributed by atoms with Crippen molar-refractivity contribution in [2.75, 3.05) is 0 Å². The fourth-order valence-corrected chi connectivity index (χ4v) is 6.51. The van der Waals surface area contributed by atoms with E-state index in [0.717, 1.165) is 25.2 Å². The molecule has 2 aromatic carbocycles. The van der Waals surface area contributed by atoms with E-state index < -0.39 is 0 Å². The molecule has 0 aromatic heterocycles. The van der Waals surface area contributed by atoms with E-state index in [2.05, 4.69) is 69.0 Å². The van der Waals surface area contributed by atoms with Gasteiger partial charge in [0.05, 0.1) is 0 Å². The SMILES string of the molecule is C=C1/C(=C/C2=CCc3ccccc32)Cc2c1ccc(CC)c2C(CC)C1CCCCC1. The van der Waals surface area contributed by atoms with E-state index in [-0.39, 0.29) is 0 Å². The van der Waals surface area contributed by atoms with Gasteiger partial charge in [-0.05, 0) is 100 Å². The molecule has 3 aliphatic rings. The molecule has 0 heterocycles. The molecule has 0 radical (unpaired) electrons. The third-order valence-electron chi connectivity index (χ3n) is 8.14. The standard InChI is InChI=1S/C31H36/c1-4-22-17-18-28-21(3)26(19-25-16-15-24-13-9-10-14-29(24)25)20-30(28)31(22)27(5-2)23-11-7-6-8-12-23/h9-10,13-14,16-19,23,27H,3-8,11-12,15,20H2,1-2H3/b26-19+. The first-order chi connectivity index (χ1) is 15.2. The van der Waals surface area contributed by atoms with Gasteiger partial charge >= 0.3 is 0 Å². The monoisotopic (exact) mass is 408 g/mol. The molecule has 0 nitrogen and oxygen atoms in total. The molecule has 2 aromatic rings. The van der Waals surface area contributed by atoms with Crippen molar-refractivity contribution in [2.24, 2.45) is 5.92 Å². The Morgan fingerprint density at radius 2 is 1.81 bits per heavy atom. The number of fused-ring (bicyclic) bond motifs is 2. The van der Waals surface area contributed by atoms with Gasteiger partial charge in [-0.25, -0.2) is 0 Å². The van der Waals surface area contributed by atoms with Gasteiger partial charge in [-0.2, -0.15) is 0 Å². The Balaban J connectivity index is 1.53. The average molecular weight is 409 g/mol. The Kier molecular flexibility index (Phi) is 5.74. The Bertz CT molecular complexity index is 1060. The number of aryl methyl sites for hydroxylation is 1. The van der Waals surface area contributed by atoms with E-state index in [1.165, 1.54) is 71.9 Å². The van der Waals surface area contributed by atoms with Crippen LogP contribution in [0.15, 0.2) is 60.7 Å². The first kappa shape index (κ1) is 20.6. The number of benzene rings is 2. The molecule has 0 N–H and O–H groups in total. The smallest absolute Gasteiger partial charge is 0.00105 e. The summed E-state index contributed by atoms with van der Waals surface area (Å²) in [6.07, 6.45) is 16.4. The predicted octanol–water partition coefficient (Wildman–Crippen LogP) is 8.46. The normalized spacial score (nSPS) is 20.6. The van der Waals surface area contributed by atoms with Gasteiger partial charge < -0.3 is 0 Å². The summed E-state index contributed by atoms with van der Waals surface area (Å²) in [5.41, 5.74) is 13.2. The molecule has 0 heteroatoms. The average Bonchev–Trinajstić information content (AvgIpc) is 3.37. The molecule has 5 rings (SSSR count). The fourth-order valence-electron chi connectivity index (χ4n) is 6.51. The summed E-state index contributed by atoms with van der Waals surface area (Å²) in [5, 5.41) is 0. The van der Waals surface area contributed by atoms with Gasteiger partial charge in [-0.1, -0.05) is 88.2 Å². The quantitative estimate of drug-likeness (QED) is 0.465. The van der Waals surface area contributed by atoms with Crippen molar-refractivity contribution >= 4 is 11.1 Å². The minimum absolute atomic E-state index is 0.712. The lowest BCUT2D eigenvalue weighted by Gasteiger charge is -2.32. The third kappa shape index (κ3) is 3.65. The van der Waals surface area contributed by atoms with Gasteiger partial charge in [-0.15, -0.1) is 0 Å². The van der Waals surface area contributed by atoms with E-state index in [9.17, 15) is 0 Å². The van der Waals surface area contributed by atoms with Crippen molar-refractivity contribution in [1.82, 2.24) is 0 Å². The molecule has 0 amide bonds. The lowest BCUT2D eigenvalue weighted by atomic mass is 9.72. The zero-order valence-corrected chi connectivity index (χ0v) is 19.3. The van der Waals surface area contributed by atoms with E-state index >= 15 is 0 Å². The van der Waals surface area contributed by atoms with E-state index in [4.69, 9.17) is 0 Å². The number of hydrogen-bond donors (Lipinski definition) is 0. The van der Waals surface area contributed by atoms with Crippen LogP contribution in [0, 0.1) is 5.92 Å². The van der Waals surface area contributed by atoms with Gasteiger partial charge in [0.2, 0.25) is 0 Å². The summed E-state index contributed by atoms with van der Waals surface area (Å²) in [6, 6.07) is 13.6. The molecule has 0 spiro atoms. The summed E-state index contributed by atoms with van der Waals surface area (Å²) < 4.78 is 0. The van der Waals surface area contributed by atoms with E-state index in [1.807, 2.05) is 0 Å². The molecular formula is C31H36. The first-order valence-corrected chi connectivity index (χ1v) is 12.5. The third-order valence-corrected chi connectivity index (χ3v) is 8.14. The maximum Gasteiger partial charge on any atom is -0.00105 e. The predicted molar refractivity (Wildman–Crippen MR) is 134 cm³/mol. The second-order valence-electron chi connectivity index (χ2n) is 9.78. The molecule has 0 bridgehead atoms. The minimum Gasteiger partial charge on any atom is -0.0909 e. The zero-order chi connectivity index (χ0) is 21.4. The van der Waals surface area contributed by atoms with Crippen molar-refractivity contribution in [3.63, 3.8) is 0 Å². The molecule has 1 saturated carbocycles. The van der Waals surface area contributed by atoms with Crippen LogP contribution < -0.4 is 0 Å². The molecule has 0 aliphatic heterocycles. The van der Waals surface area contributed by atoms with Crippen molar-refractivity contribution in [2.45, 2.75) is 77.6 Å². The summed E-state index contributed by atoms with van der Waals surface area (Å²) in [7, 11) is 0. The maximum atomic E-state index is 4.57. The molecule has 0 saturated heterocycles. The summed E-state index contributed by atoms with van der Waals surface area (Å²) in [5.74, 6) is 1.57. The van der Waals surface area contributed by atoms with Gasteiger partial charge in [-0.3, -0.25) is 0 Å². The lowest BCUT2D eigenvalue weighted by Crippen LogP contribution is -2.19. The van der Waals surface area contributed by atoms with Gasteiger partial charge in [0.1, 0.15) is 0 Å². The Morgan fingerprint density at radius 3 is 2.58 bits per heavy atom. The van der Waals surface area contributed by atoms with Crippen LogP contribution in [0.4, 0.5) is 0 Å². The van der Waals surface area contributed by atoms with Crippen LogP contribution in [0.1, 0.15) is 91.7 Å². The summed E-state index contributed by atoms with van der Waals surface area (Å²) in [4.78, 5) is 0. The molecule has 1 fully saturated rings. The highest BCUT2D eigenvalue weighted by Crippen LogP contribution is 2.47. The van der Waals surface area contributed by atoms with Crippen LogP contribution in [-0.4, -0.2) is 0 Å². The van der Waals surface area contributed by atoms with Gasteiger partial charge in [0, 0.05) is 0 Å². The first-order valence-electron chi connectivity index (χ1n) is 12.5. The second kappa shape index (κ2) is 8.65. The van der Waals surface area contributed by atoms with Crippen LogP contribution in [0.3, 0.4) is 0 Å². The van der Waals surface area contributed by atoms with Crippen LogP contribution in [0.2, 0.25) is 0 Å². The summed E-state index contributed by atoms with van der Waals surface area (Å²) in [6.45, 7) is 9.32. The Morgan fingerprint density at radius 1 is 1.00 bits per heavy atom. The zero-order valence-electron chi connectivity index (χ0n) is 19.3. The van der Waals surface area contributed by atoms with E-state index in [1.54, 1.807) is 16.7 Å². The molecular weight excluding hydrogens is 372 g/mol. The highest BCUT2D eigenvalue weighted by molar-refractivity contribution is 5.91. The van der Waals surface area contributed by atoms with Gasteiger partial charge in [0.25, 0.3) is 0 Å². The van der Waals surface area contributed by atoms with Crippen LogP contribution in [0.5, 0.6) is 0 Å².